The average Bonchev–Trinajstić information content (AvgIpc) is 3.09. The van der Waals surface area contributed by atoms with Crippen LogP contribution in [0.3, 0.4) is 0 Å². The zero-order chi connectivity index (χ0) is 16.9. The third kappa shape index (κ3) is 3.60. The molecule has 24 heavy (non-hydrogen) atoms. The molecule has 1 N–H and O–H groups in total. The van der Waals surface area contributed by atoms with Crippen LogP contribution in [-0.2, 0) is 6.54 Å². The Morgan fingerprint density at radius 2 is 2.00 bits per heavy atom. The number of carbonyl (C=O) groups excluding carboxylic acids is 1. The first-order chi connectivity index (χ1) is 11.7. The van der Waals surface area contributed by atoms with Crippen molar-refractivity contribution in [2.75, 3.05) is 7.11 Å². The van der Waals surface area contributed by atoms with Crippen molar-refractivity contribution < 1.29 is 9.53 Å². The molecule has 3 aromatic rings. The molecule has 2 aromatic carbocycles. The van der Waals surface area contributed by atoms with Gasteiger partial charge in [0.1, 0.15) is 11.4 Å². The Bertz CT molecular complexity index is 840. The summed E-state index contributed by atoms with van der Waals surface area (Å²) < 4.78 is 6.85. The zero-order valence-corrected chi connectivity index (χ0v) is 13.6. The van der Waals surface area contributed by atoms with E-state index in [0.717, 1.165) is 17.0 Å². The molecule has 0 unspecified atom stereocenters. The highest BCUT2D eigenvalue weighted by Crippen LogP contribution is 2.15. The van der Waals surface area contributed by atoms with Crippen LogP contribution in [-0.4, -0.2) is 28.0 Å². The lowest BCUT2D eigenvalue weighted by atomic mass is 10.1. The minimum absolute atomic E-state index is 0.133. The smallest absolute Gasteiger partial charge is 0.251 e. The largest absolute Gasteiger partial charge is 0.497 e. The highest BCUT2D eigenvalue weighted by Gasteiger charge is 2.08. The van der Waals surface area contributed by atoms with Crippen LogP contribution in [0.2, 0.25) is 0 Å². The van der Waals surface area contributed by atoms with Crippen LogP contribution in [0.5, 0.6) is 5.75 Å². The molecule has 3 rings (SSSR count). The molecule has 0 saturated heterocycles. The van der Waals surface area contributed by atoms with Gasteiger partial charge in [-0.15, -0.1) is 5.10 Å². The van der Waals surface area contributed by atoms with Gasteiger partial charge in [0.15, 0.2) is 0 Å². The van der Waals surface area contributed by atoms with Crippen molar-refractivity contribution in [2.45, 2.75) is 13.5 Å². The van der Waals surface area contributed by atoms with E-state index in [0.29, 0.717) is 17.8 Å². The van der Waals surface area contributed by atoms with Gasteiger partial charge in [-0.1, -0.05) is 29.0 Å². The third-order valence-electron chi connectivity index (χ3n) is 3.60. The van der Waals surface area contributed by atoms with Gasteiger partial charge in [-0.3, -0.25) is 4.79 Å². The van der Waals surface area contributed by atoms with Crippen LogP contribution in [0.4, 0.5) is 0 Å². The van der Waals surface area contributed by atoms with Gasteiger partial charge in [-0.05, 0) is 31.2 Å². The Hall–Kier alpha value is -3.15. The maximum atomic E-state index is 12.1. The van der Waals surface area contributed by atoms with Crippen molar-refractivity contribution in [3.05, 3.63) is 71.5 Å². The summed E-state index contributed by atoms with van der Waals surface area (Å²) in [7, 11) is 1.62. The van der Waals surface area contributed by atoms with Gasteiger partial charge in [0, 0.05) is 11.6 Å². The molecule has 0 saturated carbocycles. The molecule has 0 aliphatic heterocycles. The minimum atomic E-state index is -0.133. The summed E-state index contributed by atoms with van der Waals surface area (Å²) in [6.45, 7) is 2.30. The van der Waals surface area contributed by atoms with Crippen LogP contribution in [0.25, 0.3) is 5.69 Å². The lowest BCUT2D eigenvalue weighted by Crippen LogP contribution is -2.22. The predicted molar refractivity (Wildman–Crippen MR) is 90.3 cm³/mol. The number of methoxy groups -OCH3 is 1. The lowest BCUT2D eigenvalue weighted by Gasteiger charge is -2.04. The number of carbonyl (C=O) groups is 1. The molecular weight excluding hydrogens is 304 g/mol. The van der Waals surface area contributed by atoms with Gasteiger partial charge in [0.2, 0.25) is 0 Å². The van der Waals surface area contributed by atoms with Crippen LogP contribution < -0.4 is 10.1 Å². The second kappa shape index (κ2) is 6.95. The highest BCUT2D eigenvalue weighted by molar-refractivity contribution is 5.94. The second-order valence-corrected chi connectivity index (χ2v) is 5.40. The van der Waals surface area contributed by atoms with Crippen LogP contribution in [0.15, 0.2) is 54.7 Å². The average molecular weight is 322 g/mol. The molecule has 1 amide bonds. The van der Waals surface area contributed by atoms with Crippen molar-refractivity contribution in [3.8, 4) is 11.4 Å². The quantitative estimate of drug-likeness (QED) is 0.783. The summed E-state index contributed by atoms with van der Waals surface area (Å²) in [6, 6.07) is 14.9. The van der Waals surface area contributed by atoms with E-state index >= 15 is 0 Å². The van der Waals surface area contributed by atoms with E-state index in [1.165, 1.54) is 0 Å². The first-order valence-electron chi connectivity index (χ1n) is 7.56. The molecule has 0 aliphatic rings. The van der Waals surface area contributed by atoms with E-state index in [2.05, 4.69) is 15.6 Å². The molecule has 6 heteroatoms. The summed E-state index contributed by atoms with van der Waals surface area (Å²) >= 11 is 0. The van der Waals surface area contributed by atoms with Crippen molar-refractivity contribution in [3.63, 3.8) is 0 Å². The summed E-state index contributed by atoms with van der Waals surface area (Å²) in [6.07, 6.45) is 1.78. The van der Waals surface area contributed by atoms with Crippen molar-refractivity contribution in [2.24, 2.45) is 0 Å². The van der Waals surface area contributed by atoms with Gasteiger partial charge in [-0.25, -0.2) is 4.68 Å². The number of nitrogens with one attached hydrogen (secondary N) is 1. The number of hydrogen-bond acceptors (Lipinski definition) is 4. The number of aryl methyl sites for hydroxylation is 1. The number of hydrogen-bond donors (Lipinski definition) is 1. The van der Waals surface area contributed by atoms with Gasteiger partial charge in [-0.2, -0.15) is 0 Å². The standard InChI is InChI=1S/C18H18N4O2/c1-13-6-8-14(9-7-13)18(23)19-11-15-12-22(21-20-15)16-4-3-5-17(10-16)24-2/h3-10,12H,11H2,1-2H3,(H,19,23). The summed E-state index contributed by atoms with van der Waals surface area (Å²) in [5.74, 6) is 0.614. The maximum Gasteiger partial charge on any atom is 0.251 e. The van der Waals surface area contributed by atoms with E-state index in [4.69, 9.17) is 4.74 Å². The third-order valence-corrected chi connectivity index (χ3v) is 3.60. The fourth-order valence-electron chi connectivity index (χ4n) is 2.24. The molecule has 1 aromatic heterocycles. The van der Waals surface area contributed by atoms with Crippen molar-refractivity contribution >= 4 is 5.91 Å². The molecule has 1 heterocycles. The SMILES string of the molecule is COc1cccc(-n2cc(CNC(=O)c3ccc(C)cc3)nn2)c1. The monoisotopic (exact) mass is 322 g/mol. The first kappa shape index (κ1) is 15.7. The lowest BCUT2D eigenvalue weighted by molar-refractivity contribution is 0.0950. The highest BCUT2D eigenvalue weighted by atomic mass is 16.5. The first-order valence-corrected chi connectivity index (χ1v) is 7.56. The van der Waals surface area contributed by atoms with Gasteiger partial charge in [0.05, 0.1) is 25.5 Å². The number of nitrogens with zero attached hydrogens (tertiary/aromatic N) is 3. The normalized spacial score (nSPS) is 10.4. The second-order valence-electron chi connectivity index (χ2n) is 5.40. The van der Waals surface area contributed by atoms with Crippen LogP contribution in [0.1, 0.15) is 21.6 Å². The van der Waals surface area contributed by atoms with E-state index in [1.54, 1.807) is 30.1 Å². The number of amides is 1. The Morgan fingerprint density at radius 1 is 1.21 bits per heavy atom. The zero-order valence-electron chi connectivity index (χ0n) is 13.6. The molecule has 0 atom stereocenters. The molecule has 0 spiro atoms. The Balaban J connectivity index is 1.65. The summed E-state index contributed by atoms with van der Waals surface area (Å²) in [5.41, 5.74) is 3.27. The van der Waals surface area contributed by atoms with Crippen molar-refractivity contribution in [1.82, 2.24) is 20.3 Å². The van der Waals surface area contributed by atoms with Gasteiger partial charge >= 0.3 is 0 Å². The van der Waals surface area contributed by atoms with Crippen molar-refractivity contribution in [1.29, 1.82) is 0 Å². The molecule has 0 fully saturated rings. The molecule has 122 valence electrons. The molecule has 0 aliphatic carbocycles. The fraction of sp³-hybridized carbons (Fsp3) is 0.167. The predicted octanol–water partition coefficient (Wildman–Crippen LogP) is 2.51. The Kier molecular flexibility index (Phi) is 4.56. The maximum absolute atomic E-state index is 12.1. The van der Waals surface area contributed by atoms with E-state index < -0.39 is 0 Å². The van der Waals surface area contributed by atoms with E-state index in [-0.39, 0.29) is 5.91 Å². The van der Waals surface area contributed by atoms with Gasteiger partial charge < -0.3 is 10.1 Å². The Labute approximate surface area is 140 Å². The Morgan fingerprint density at radius 3 is 2.75 bits per heavy atom. The van der Waals surface area contributed by atoms with E-state index in [9.17, 15) is 4.79 Å². The number of benzene rings is 2. The topological polar surface area (TPSA) is 69.0 Å². The minimum Gasteiger partial charge on any atom is -0.497 e. The summed E-state index contributed by atoms with van der Waals surface area (Å²) in [4.78, 5) is 12.1. The van der Waals surface area contributed by atoms with Crippen LogP contribution >= 0.6 is 0 Å². The summed E-state index contributed by atoms with van der Waals surface area (Å²) in [5, 5.41) is 11.0. The van der Waals surface area contributed by atoms with Crippen LogP contribution in [0, 0.1) is 6.92 Å². The molecule has 0 radical (unpaired) electrons. The van der Waals surface area contributed by atoms with Gasteiger partial charge in [0.25, 0.3) is 5.91 Å². The number of ether oxygens (including phenoxy) is 1. The molecule has 0 bridgehead atoms. The number of rotatable bonds is 5. The molecular formula is C18H18N4O2. The number of aromatic nitrogens is 3. The fourth-order valence-corrected chi connectivity index (χ4v) is 2.24. The van der Waals surface area contributed by atoms with E-state index in [1.807, 2.05) is 43.3 Å². The molecule has 6 nitrogen and oxygen atoms in total.